The zero-order valence-electron chi connectivity index (χ0n) is 13.5. The van der Waals surface area contributed by atoms with Crippen LogP contribution in [0.2, 0.25) is 5.02 Å². The number of amides is 1. The van der Waals surface area contributed by atoms with E-state index in [2.05, 4.69) is 5.32 Å². The normalized spacial score (nSPS) is 11.5. The molecule has 25 heavy (non-hydrogen) atoms. The Kier molecular flexibility index (Phi) is 5.71. The van der Waals surface area contributed by atoms with Crippen LogP contribution in [0, 0.1) is 17.0 Å². The second-order valence-corrected chi connectivity index (χ2v) is 5.68. The number of carbonyl (C=O) groups excluding carboxylic acids is 2. The first-order chi connectivity index (χ1) is 11.8. The van der Waals surface area contributed by atoms with Crippen LogP contribution < -0.4 is 5.32 Å². The Hall–Kier alpha value is -2.93. The van der Waals surface area contributed by atoms with E-state index in [1.807, 2.05) is 19.1 Å². The number of nitro benzene ring substituents is 1. The molecule has 0 aliphatic carbocycles. The van der Waals surface area contributed by atoms with E-state index in [0.29, 0.717) is 5.69 Å². The van der Waals surface area contributed by atoms with Crippen LogP contribution in [0.5, 0.6) is 0 Å². The first-order valence-electron chi connectivity index (χ1n) is 7.31. The molecule has 7 nitrogen and oxygen atoms in total. The average molecular weight is 363 g/mol. The van der Waals surface area contributed by atoms with Crippen molar-refractivity contribution < 1.29 is 19.2 Å². The van der Waals surface area contributed by atoms with Crippen molar-refractivity contribution in [1.29, 1.82) is 0 Å². The number of non-ortho nitro benzene ring substituents is 1. The molecule has 0 saturated heterocycles. The summed E-state index contributed by atoms with van der Waals surface area (Å²) in [6.07, 6.45) is -1.11. The number of hydrogen-bond acceptors (Lipinski definition) is 5. The van der Waals surface area contributed by atoms with E-state index >= 15 is 0 Å². The van der Waals surface area contributed by atoms with Crippen LogP contribution in [-0.4, -0.2) is 22.9 Å². The van der Waals surface area contributed by atoms with Gasteiger partial charge in [0.15, 0.2) is 6.10 Å². The minimum absolute atomic E-state index is 0.00196. The third-order valence-corrected chi connectivity index (χ3v) is 3.77. The molecule has 0 aliphatic rings. The van der Waals surface area contributed by atoms with E-state index in [1.165, 1.54) is 19.1 Å². The average Bonchev–Trinajstić information content (AvgIpc) is 2.56. The molecule has 1 amide bonds. The van der Waals surface area contributed by atoms with Gasteiger partial charge in [0.2, 0.25) is 0 Å². The minimum Gasteiger partial charge on any atom is -0.449 e. The van der Waals surface area contributed by atoms with E-state index in [-0.39, 0.29) is 16.3 Å². The highest BCUT2D eigenvalue weighted by Crippen LogP contribution is 2.23. The zero-order chi connectivity index (χ0) is 18.6. The molecule has 0 radical (unpaired) electrons. The topological polar surface area (TPSA) is 98.5 Å². The molecule has 0 aromatic heterocycles. The number of para-hydroxylation sites is 1. The summed E-state index contributed by atoms with van der Waals surface area (Å²) in [6.45, 7) is 3.23. The number of rotatable bonds is 5. The monoisotopic (exact) mass is 362 g/mol. The van der Waals surface area contributed by atoms with Gasteiger partial charge in [0, 0.05) is 17.8 Å². The molecule has 0 saturated carbocycles. The van der Waals surface area contributed by atoms with E-state index < -0.39 is 22.9 Å². The first-order valence-corrected chi connectivity index (χ1v) is 7.69. The number of hydrogen-bond donors (Lipinski definition) is 1. The van der Waals surface area contributed by atoms with Crippen molar-refractivity contribution in [2.45, 2.75) is 20.0 Å². The molecular weight excluding hydrogens is 348 g/mol. The molecular formula is C17H15ClN2O5. The number of benzene rings is 2. The van der Waals surface area contributed by atoms with Gasteiger partial charge in [-0.1, -0.05) is 29.8 Å². The van der Waals surface area contributed by atoms with Crippen LogP contribution in [0.25, 0.3) is 0 Å². The van der Waals surface area contributed by atoms with Crippen LogP contribution in [0.15, 0.2) is 42.5 Å². The van der Waals surface area contributed by atoms with E-state index in [0.717, 1.165) is 11.6 Å². The SMILES string of the molecule is Cc1ccccc1NC(=O)[C@H](C)OC(=O)c1cc([N+](=O)[O-])ccc1Cl. The Balaban J connectivity index is 2.09. The summed E-state index contributed by atoms with van der Waals surface area (Å²) in [5, 5.41) is 13.5. The molecule has 2 aromatic carbocycles. The fourth-order valence-electron chi connectivity index (χ4n) is 2.01. The minimum atomic E-state index is -1.11. The van der Waals surface area contributed by atoms with Gasteiger partial charge in [0.1, 0.15) is 0 Å². The van der Waals surface area contributed by atoms with Gasteiger partial charge in [-0.3, -0.25) is 14.9 Å². The number of aryl methyl sites for hydroxylation is 1. The third-order valence-electron chi connectivity index (χ3n) is 3.44. The third kappa shape index (κ3) is 4.54. The predicted molar refractivity (Wildman–Crippen MR) is 92.8 cm³/mol. The molecule has 0 aliphatic heterocycles. The molecule has 1 atom stereocenters. The summed E-state index contributed by atoms with van der Waals surface area (Å²) < 4.78 is 5.07. The van der Waals surface area contributed by atoms with Gasteiger partial charge in [0.05, 0.1) is 15.5 Å². The van der Waals surface area contributed by atoms with Gasteiger partial charge < -0.3 is 10.1 Å². The summed E-state index contributed by atoms with van der Waals surface area (Å²) in [7, 11) is 0. The van der Waals surface area contributed by atoms with Crippen molar-refractivity contribution in [1.82, 2.24) is 0 Å². The Bertz CT molecular complexity index is 838. The number of nitro groups is 1. The number of halogens is 1. The maximum atomic E-state index is 12.2. The molecule has 0 bridgehead atoms. The summed E-state index contributed by atoms with van der Waals surface area (Å²) in [4.78, 5) is 34.5. The molecule has 0 unspecified atom stereocenters. The fourth-order valence-corrected chi connectivity index (χ4v) is 2.20. The lowest BCUT2D eigenvalue weighted by molar-refractivity contribution is -0.384. The van der Waals surface area contributed by atoms with Crippen LogP contribution in [0.3, 0.4) is 0 Å². The maximum Gasteiger partial charge on any atom is 0.340 e. The number of nitrogens with zero attached hydrogens (tertiary/aromatic N) is 1. The summed E-state index contributed by atoms with van der Waals surface area (Å²) in [5.41, 5.74) is 0.986. The first kappa shape index (κ1) is 18.4. The van der Waals surface area contributed by atoms with E-state index in [1.54, 1.807) is 12.1 Å². The summed E-state index contributed by atoms with van der Waals surface area (Å²) in [6, 6.07) is 10.6. The quantitative estimate of drug-likeness (QED) is 0.496. The number of nitrogens with one attached hydrogen (secondary N) is 1. The standard InChI is InChI=1S/C17H15ClN2O5/c1-10-5-3-4-6-15(10)19-16(21)11(2)25-17(22)13-9-12(20(23)24)7-8-14(13)18/h3-9,11H,1-2H3,(H,19,21)/t11-/m0/s1. The molecule has 130 valence electrons. The lowest BCUT2D eigenvalue weighted by Crippen LogP contribution is -2.30. The Morgan fingerprint density at radius 2 is 1.92 bits per heavy atom. The number of esters is 1. The highest BCUT2D eigenvalue weighted by molar-refractivity contribution is 6.33. The Morgan fingerprint density at radius 3 is 2.56 bits per heavy atom. The van der Waals surface area contributed by atoms with Crippen LogP contribution >= 0.6 is 11.6 Å². The smallest absolute Gasteiger partial charge is 0.340 e. The largest absolute Gasteiger partial charge is 0.449 e. The second-order valence-electron chi connectivity index (χ2n) is 5.27. The second kappa shape index (κ2) is 7.76. The predicted octanol–water partition coefficient (Wildman–Crippen LogP) is 3.74. The van der Waals surface area contributed by atoms with Crippen molar-refractivity contribution in [2.75, 3.05) is 5.32 Å². The Morgan fingerprint density at radius 1 is 1.24 bits per heavy atom. The van der Waals surface area contributed by atoms with Crippen molar-refractivity contribution >= 4 is 34.9 Å². The molecule has 0 fully saturated rings. The summed E-state index contributed by atoms with van der Waals surface area (Å²) in [5.74, 6) is -1.44. The zero-order valence-corrected chi connectivity index (χ0v) is 14.2. The molecule has 0 heterocycles. The maximum absolute atomic E-state index is 12.2. The van der Waals surface area contributed by atoms with Gasteiger partial charge in [-0.25, -0.2) is 4.79 Å². The molecule has 8 heteroatoms. The van der Waals surface area contributed by atoms with Gasteiger partial charge >= 0.3 is 5.97 Å². The lowest BCUT2D eigenvalue weighted by Gasteiger charge is -2.15. The van der Waals surface area contributed by atoms with Crippen molar-refractivity contribution in [3.63, 3.8) is 0 Å². The number of ether oxygens (including phenoxy) is 1. The van der Waals surface area contributed by atoms with Gasteiger partial charge in [-0.05, 0) is 31.5 Å². The number of anilines is 1. The van der Waals surface area contributed by atoms with Crippen molar-refractivity contribution in [2.24, 2.45) is 0 Å². The highest BCUT2D eigenvalue weighted by atomic mass is 35.5. The summed E-state index contributed by atoms with van der Waals surface area (Å²) >= 11 is 5.89. The molecule has 0 spiro atoms. The van der Waals surface area contributed by atoms with E-state index in [4.69, 9.17) is 16.3 Å². The van der Waals surface area contributed by atoms with Crippen molar-refractivity contribution in [3.05, 3.63) is 68.7 Å². The van der Waals surface area contributed by atoms with Gasteiger partial charge in [-0.2, -0.15) is 0 Å². The van der Waals surface area contributed by atoms with Crippen molar-refractivity contribution in [3.8, 4) is 0 Å². The molecule has 2 aromatic rings. The van der Waals surface area contributed by atoms with Crippen LogP contribution in [-0.2, 0) is 9.53 Å². The van der Waals surface area contributed by atoms with Gasteiger partial charge in [-0.15, -0.1) is 0 Å². The van der Waals surface area contributed by atoms with Crippen LogP contribution in [0.4, 0.5) is 11.4 Å². The highest BCUT2D eigenvalue weighted by Gasteiger charge is 2.23. The lowest BCUT2D eigenvalue weighted by atomic mass is 10.2. The number of carbonyl (C=O) groups is 2. The van der Waals surface area contributed by atoms with Crippen LogP contribution in [0.1, 0.15) is 22.8 Å². The van der Waals surface area contributed by atoms with Gasteiger partial charge in [0.25, 0.3) is 11.6 Å². The van der Waals surface area contributed by atoms with E-state index in [9.17, 15) is 19.7 Å². The Labute approximate surface area is 148 Å². The fraction of sp³-hybridized carbons (Fsp3) is 0.176. The molecule has 2 rings (SSSR count). The molecule has 1 N–H and O–H groups in total.